The van der Waals surface area contributed by atoms with Gasteiger partial charge in [-0.25, -0.2) is 0 Å². The molecule has 1 heteroatoms. The summed E-state index contributed by atoms with van der Waals surface area (Å²) in [4.78, 5) is 0. The highest BCUT2D eigenvalue weighted by atomic mass is 14.4. The van der Waals surface area contributed by atoms with Gasteiger partial charge in [-0.05, 0) is 25.2 Å². The molecular formula is C10H15N. The third-order valence-electron chi connectivity index (χ3n) is 2.72. The summed E-state index contributed by atoms with van der Waals surface area (Å²) in [5, 5.41) is 8.73. The third kappa shape index (κ3) is 1.63. The van der Waals surface area contributed by atoms with E-state index in [1.54, 1.807) is 0 Å². The summed E-state index contributed by atoms with van der Waals surface area (Å²) in [6.45, 7) is 6.58. The van der Waals surface area contributed by atoms with Crippen molar-refractivity contribution in [1.82, 2.24) is 0 Å². The molecule has 0 heterocycles. The van der Waals surface area contributed by atoms with Crippen molar-refractivity contribution in [2.24, 2.45) is 11.3 Å². The lowest BCUT2D eigenvalue weighted by Crippen LogP contribution is -2.21. The maximum Gasteiger partial charge on any atom is 0.0659 e. The van der Waals surface area contributed by atoms with E-state index in [1.807, 2.05) is 0 Å². The molecule has 1 atom stereocenters. The lowest BCUT2D eigenvalue weighted by Gasteiger charge is -2.32. The van der Waals surface area contributed by atoms with Crippen molar-refractivity contribution in [3.05, 3.63) is 11.6 Å². The fourth-order valence-electron chi connectivity index (χ4n) is 1.55. The third-order valence-corrected chi connectivity index (χ3v) is 2.72. The summed E-state index contributed by atoms with van der Waals surface area (Å²) in [5.41, 5.74) is 1.68. The van der Waals surface area contributed by atoms with Crippen LogP contribution in [0.3, 0.4) is 0 Å². The molecule has 0 aromatic heterocycles. The zero-order valence-corrected chi connectivity index (χ0v) is 7.52. The molecular weight excluding hydrogens is 134 g/mol. The van der Waals surface area contributed by atoms with Gasteiger partial charge in [-0.3, -0.25) is 0 Å². The Kier molecular flexibility index (Phi) is 2.04. The van der Waals surface area contributed by atoms with E-state index in [9.17, 15) is 0 Å². The zero-order valence-electron chi connectivity index (χ0n) is 7.52. The Bertz CT molecular complexity index is 218. The fraction of sp³-hybridized carbons (Fsp3) is 0.700. The molecule has 1 unspecified atom stereocenters. The molecule has 1 aliphatic carbocycles. The van der Waals surface area contributed by atoms with Gasteiger partial charge in [-0.15, -0.1) is 0 Å². The Morgan fingerprint density at radius 3 is 2.73 bits per heavy atom. The summed E-state index contributed by atoms with van der Waals surface area (Å²) in [7, 11) is 0. The van der Waals surface area contributed by atoms with Crippen LogP contribution >= 0.6 is 0 Å². The molecule has 0 aliphatic heterocycles. The quantitative estimate of drug-likeness (QED) is 0.486. The van der Waals surface area contributed by atoms with E-state index in [1.165, 1.54) is 5.57 Å². The largest absolute Gasteiger partial charge is 0.198 e. The van der Waals surface area contributed by atoms with E-state index in [-0.39, 0.29) is 11.3 Å². The van der Waals surface area contributed by atoms with E-state index < -0.39 is 0 Å². The molecule has 0 fully saturated rings. The summed E-state index contributed by atoms with van der Waals surface area (Å²) in [5.74, 6) is 0.244. The number of nitriles is 1. The first-order chi connectivity index (χ1) is 5.06. The number of hydrogen-bond donors (Lipinski definition) is 0. The molecule has 1 aliphatic rings. The summed E-state index contributed by atoms with van der Waals surface area (Å²) in [6, 6.07) is 2.34. The first-order valence-corrected chi connectivity index (χ1v) is 4.13. The average molecular weight is 149 g/mol. The van der Waals surface area contributed by atoms with E-state index in [2.05, 4.69) is 32.9 Å². The van der Waals surface area contributed by atoms with Crippen molar-refractivity contribution in [3.63, 3.8) is 0 Å². The molecule has 11 heavy (non-hydrogen) atoms. The van der Waals surface area contributed by atoms with Crippen molar-refractivity contribution < 1.29 is 0 Å². The van der Waals surface area contributed by atoms with Gasteiger partial charge in [0.25, 0.3) is 0 Å². The van der Waals surface area contributed by atoms with Gasteiger partial charge in [0, 0.05) is 0 Å². The molecule has 0 saturated carbocycles. The molecule has 0 amide bonds. The first kappa shape index (κ1) is 8.33. The minimum Gasteiger partial charge on any atom is -0.198 e. The molecule has 0 spiro atoms. The fourth-order valence-corrected chi connectivity index (χ4v) is 1.55. The first-order valence-electron chi connectivity index (χ1n) is 4.13. The standard InChI is InChI=1S/C10H15N/c1-8-4-5-9(7-11)6-10(8,2)3/h4,9H,5-6H2,1-3H3. The minimum absolute atomic E-state index is 0.244. The van der Waals surface area contributed by atoms with Crippen LogP contribution in [0.5, 0.6) is 0 Å². The molecule has 1 rings (SSSR count). The second kappa shape index (κ2) is 2.70. The van der Waals surface area contributed by atoms with E-state index in [0.717, 1.165) is 12.8 Å². The molecule has 0 radical (unpaired) electrons. The highest BCUT2D eigenvalue weighted by Crippen LogP contribution is 2.38. The number of rotatable bonds is 0. The van der Waals surface area contributed by atoms with Gasteiger partial charge in [-0.2, -0.15) is 5.26 Å². The molecule has 0 saturated heterocycles. The zero-order chi connectivity index (χ0) is 8.48. The SMILES string of the molecule is CC1=CCC(C#N)CC1(C)C. The number of hydrogen-bond acceptors (Lipinski definition) is 1. The number of nitrogens with zero attached hydrogens (tertiary/aromatic N) is 1. The van der Waals surface area contributed by atoms with Crippen molar-refractivity contribution in [2.45, 2.75) is 33.6 Å². The molecule has 0 bridgehead atoms. The summed E-state index contributed by atoms with van der Waals surface area (Å²) < 4.78 is 0. The average Bonchev–Trinajstić information content (AvgIpc) is 1.95. The van der Waals surface area contributed by atoms with Crippen LogP contribution in [0.2, 0.25) is 0 Å². The molecule has 1 nitrogen and oxygen atoms in total. The predicted molar refractivity (Wildman–Crippen MR) is 45.9 cm³/mol. The highest BCUT2D eigenvalue weighted by molar-refractivity contribution is 5.15. The smallest absolute Gasteiger partial charge is 0.0659 e. The topological polar surface area (TPSA) is 23.8 Å². The second-order valence-electron chi connectivity index (χ2n) is 4.04. The van der Waals surface area contributed by atoms with E-state index in [0.29, 0.717) is 0 Å². The molecule has 0 aromatic rings. The van der Waals surface area contributed by atoms with Crippen LogP contribution in [0, 0.1) is 22.7 Å². The Morgan fingerprint density at radius 2 is 2.27 bits per heavy atom. The van der Waals surface area contributed by atoms with Crippen LogP contribution in [0.15, 0.2) is 11.6 Å². The van der Waals surface area contributed by atoms with Crippen LogP contribution in [0.4, 0.5) is 0 Å². The van der Waals surface area contributed by atoms with Crippen LogP contribution in [-0.2, 0) is 0 Å². The van der Waals surface area contributed by atoms with Crippen molar-refractivity contribution in [3.8, 4) is 6.07 Å². The Hall–Kier alpha value is -0.770. The van der Waals surface area contributed by atoms with Gasteiger partial charge in [-0.1, -0.05) is 25.5 Å². The van der Waals surface area contributed by atoms with Gasteiger partial charge >= 0.3 is 0 Å². The lowest BCUT2D eigenvalue weighted by atomic mass is 9.72. The Morgan fingerprint density at radius 1 is 1.64 bits per heavy atom. The lowest BCUT2D eigenvalue weighted by molar-refractivity contribution is 0.333. The van der Waals surface area contributed by atoms with E-state index >= 15 is 0 Å². The van der Waals surface area contributed by atoms with Crippen LogP contribution in [0.1, 0.15) is 33.6 Å². The van der Waals surface area contributed by atoms with Gasteiger partial charge in [0.15, 0.2) is 0 Å². The van der Waals surface area contributed by atoms with Gasteiger partial charge in [0.05, 0.1) is 12.0 Å². The van der Waals surface area contributed by atoms with Crippen molar-refractivity contribution in [2.75, 3.05) is 0 Å². The monoisotopic (exact) mass is 149 g/mol. The number of allylic oxidation sites excluding steroid dienone is 2. The van der Waals surface area contributed by atoms with Crippen LogP contribution in [0.25, 0.3) is 0 Å². The maximum atomic E-state index is 8.73. The predicted octanol–water partition coefficient (Wildman–Crippen LogP) is 2.89. The van der Waals surface area contributed by atoms with Crippen molar-refractivity contribution in [1.29, 1.82) is 5.26 Å². The molecule has 0 aromatic carbocycles. The van der Waals surface area contributed by atoms with Gasteiger partial charge in [0.1, 0.15) is 0 Å². The van der Waals surface area contributed by atoms with Crippen LogP contribution < -0.4 is 0 Å². The summed E-state index contributed by atoms with van der Waals surface area (Å²) in [6.07, 6.45) is 4.18. The highest BCUT2D eigenvalue weighted by Gasteiger charge is 2.27. The van der Waals surface area contributed by atoms with E-state index in [4.69, 9.17) is 5.26 Å². The maximum absolute atomic E-state index is 8.73. The Labute approximate surface area is 68.7 Å². The van der Waals surface area contributed by atoms with Gasteiger partial charge < -0.3 is 0 Å². The van der Waals surface area contributed by atoms with Gasteiger partial charge in [0.2, 0.25) is 0 Å². The second-order valence-corrected chi connectivity index (χ2v) is 4.04. The molecule has 60 valence electrons. The van der Waals surface area contributed by atoms with Crippen molar-refractivity contribution >= 4 is 0 Å². The normalized spacial score (nSPS) is 28.9. The Balaban J connectivity index is 2.79. The molecule has 0 N–H and O–H groups in total. The summed E-state index contributed by atoms with van der Waals surface area (Å²) >= 11 is 0. The van der Waals surface area contributed by atoms with Crippen LogP contribution in [-0.4, -0.2) is 0 Å². The minimum atomic E-state index is 0.244.